The molecule has 0 aliphatic carbocycles. The van der Waals surface area contributed by atoms with Crippen molar-refractivity contribution in [3.63, 3.8) is 0 Å². The van der Waals surface area contributed by atoms with Crippen LogP contribution in [0.3, 0.4) is 0 Å². The van der Waals surface area contributed by atoms with E-state index in [2.05, 4.69) is 23.8 Å². The Balaban J connectivity index is 2.42. The molecule has 1 aliphatic heterocycles. The smallest absolute Gasteiger partial charge is 0.332 e. The molecule has 2 atom stereocenters. The third-order valence-electron chi connectivity index (χ3n) is 3.51. The molecule has 1 saturated heterocycles. The van der Waals surface area contributed by atoms with Gasteiger partial charge in [0.25, 0.3) is 0 Å². The Morgan fingerprint density at radius 2 is 2.22 bits per heavy atom. The molecule has 0 saturated carbocycles. The number of carbonyl (C=O) groups is 1. The Morgan fingerprint density at radius 3 is 2.83 bits per heavy atom. The first-order valence-electron chi connectivity index (χ1n) is 6.81. The highest BCUT2D eigenvalue weighted by Crippen LogP contribution is 2.11. The van der Waals surface area contributed by atoms with Gasteiger partial charge in [0.2, 0.25) is 0 Å². The quantitative estimate of drug-likeness (QED) is 0.767. The number of hydrogen-bond acceptors (Lipinski definition) is 4. The van der Waals surface area contributed by atoms with Gasteiger partial charge in [0.15, 0.2) is 6.10 Å². The molecule has 1 N–H and O–H groups in total. The van der Waals surface area contributed by atoms with E-state index in [1.54, 1.807) is 0 Å². The number of ether oxygens (including phenoxy) is 1. The minimum absolute atomic E-state index is 0.454. The van der Waals surface area contributed by atoms with Gasteiger partial charge in [-0.1, -0.05) is 0 Å². The summed E-state index contributed by atoms with van der Waals surface area (Å²) in [4.78, 5) is 15.7. The zero-order valence-corrected chi connectivity index (χ0v) is 11.8. The Bertz CT molecular complexity index is 261. The number of carboxylic acid groups (broad SMARTS) is 1. The molecule has 1 rings (SSSR count). The van der Waals surface area contributed by atoms with Crippen LogP contribution in [0.15, 0.2) is 0 Å². The van der Waals surface area contributed by atoms with Crippen molar-refractivity contribution < 1.29 is 14.6 Å². The fraction of sp³-hybridized carbons (Fsp3) is 0.923. The molecule has 5 heteroatoms. The lowest BCUT2D eigenvalue weighted by atomic mass is 10.2. The van der Waals surface area contributed by atoms with Gasteiger partial charge in [0, 0.05) is 25.7 Å². The van der Waals surface area contributed by atoms with Crippen molar-refractivity contribution in [1.82, 2.24) is 9.80 Å². The van der Waals surface area contributed by atoms with E-state index in [1.165, 1.54) is 0 Å². The molecule has 0 aromatic carbocycles. The Morgan fingerprint density at radius 1 is 1.50 bits per heavy atom. The highest BCUT2D eigenvalue weighted by molar-refractivity contribution is 5.72. The molecular formula is C13H26N2O3. The lowest BCUT2D eigenvalue weighted by Gasteiger charge is -2.28. The fourth-order valence-electron chi connectivity index (χ4n) is 2.52. The maximum atomic E-state index is 11.0. The summed E-state index contributed by atoms with van der Waals surface area (Å²) in [5, 5.41) is 9.05. The first-order valence-corrected chi connectivity index (χ1v) is 6.81. The normalized spacial score (nSPS) is 24.7. The summed E-state index contributed by atoms with van der Waals surface area (Å²) in [6.07, 6.45) is 1.05. The molecule has 1 fully saturated rings. The molecule has 2 unspecified atom stereocenters. The van der Waals surface area contributed by atoms with Crippen molar-refractivity contribution in [2.75, 3.05) is 39.8 Å². The van der Waals surface area contributed by atoms with Crippen LogP contribution < -0.4 is 0 Å². The van der Waals surface area contributed by atoms with Crippen LogP contribution in [0.2, 0.25) is 0 Å². The molecule has 18 heavy (non-hydrogen) atoms. The Kier molecular flexibility index (Phi) is 6.60. The highest BCUT2D eigenvalue weighted by Gasteiger charge is 2.23. The van der Waals surface area contributed by atoms with E-state index in [0.717, 1.165) is 32.6 Å². The predicted octanol–water partition coefficient (Wildman–Crippen LogP) is 0.892. The highest BCUT2D eigenvalue weighted by atomic mass is 16.5. The molecule has 106 valence electrons. The number of aliphatic carboxylic acids is 1. The van der Waals surface area contributed by atoms with Crippen molar-refractivity contribution in [3.8, 4) is 0 Å². The summed E-state index contributed by atoms with van der Waals surface area (Å²) in [7, 11) is 2.14. The van der Waals surface area contributed by atoms with Gasteiger partial charge in [-0.3, -0.25) is 4.90 Å². The number of likely N-dealkylation sites (N-methyl/N-ethyl adjacent to an activating group) is 1. The SMILES string of the molecule is CCOC(CCN1CCCN(C)CC1C)C(=O)O. The van der Waals surface area contributed by atoms with E-state index < -0.39 is 12.1 Å². The lowest BCUT2D eigenvalue weighted by Crippen LogP contribution is -2.40. The third-order valence-corrected chi connectivity index (χ3v) is 3.51. The standard InChI is InChI=1S/C13H26N2O3/c1-4-18-12(13(16)17)6-9-15-8-5-7-14(3)10-11(15)2/h11-12H,4-10H2,1-3H3,(H,16,17). The largest absolute Gasteiger partial charge is 0.479 e. The van der Waals surface area contributed by atoms with E-state index in [-0.39, 0.29) is 0 Å². The number of hydrogen-bond donors (Lipinski definition) is 1. The molecule has 0 radical (unpaired) electrons. The maximum absolute atomic E-state index is 11.0. The molecule has 5 nitrogen and oxygen atoms in total. The summed E-state index contributed by atoms with van der Waals surface area (Å²) in [5.74, 6) is -0.851. The zero-order valence-electron chi connectivity index (χ0n) is 11.8. The molecule has 0 bridgehead atoms. The summed E-state index contributed by atoms with van der Waals surface area (Å²) in [5.41, 5.74) is 0. The third kappa shape index (κ3) is 4.92. The zero-order chi connectivity index (χ0) is 13.5. The van der Waals surface area contributed by atoms with Crippen LogP contribution in [0.1, 0.15) is 26.7 Å². The van der Waals surface area contributed by atoms with Crippen molar-refractivity contribution in [1.29, 1.82) is 0 Å². The number of carboxylic acids is 1. The van der Waals surface area contributed by atoms with E-state index in [4.69, 9.17) is 9.84 Å². The van der Waals surface area contributed by atoms with Gasteiger partial charge >= 0.3 is 5.97 Å². The molecule has 0 aromatic heterocycles. The molecule has 0 spiro atoms. The summed E-state index contributed by atoms with van der Waals surface area (Å²) in [6, 6.07) is 0.480. The monoisotopic (exact) mass is 258 g/mol. The van der Waals surface area contributed by atoms with Crippen LogP contribution in [0, 0.1) is 0 Å². The number of nitrogens with zero attached hydrogens (tertiary/aromatic N) is 2. The van der Waals surface area contributed by atoms with Gasteiger partial charge < -0.3 is 14.7 Å². The van der Waals surface area contributed by atoms with Crippen LogP contribution >= 0.6 is 0 Å². The fourth-order valence-corrected chi connectivity index (χ4v) is 2.52. The van der Waals surface area contributed by atoms with Crippen LogP contribution in [0.25, 0.3) is 0 Å². The minimum Gasteiger partial charge on any atom is -0.479 e. The first-order chi connectivity index (χ1) is 8.54. The van der Waals surface area contributed by atoms with E-state index >= 15 is 0 Å². The topological polar surface area (TPSA) is 53.0 Å². The van der Waals surface area contributed by atoms with Gasteiger partial charge in [-0.25, -0.2) is 4.79 Å². The summed E-state index contributed by atoms with van der Waals surface area (Å²) < 4.78 is 5.25. The molecule has 0 aromatic rings. The summed E-state index contributed by atoms with van der Waals surface area (Å²) >= 11 is 0. The molecule has 1 heterocycles. The van der Waals surface area contributed by atoms with Gasteiger partial charge in [-0.05, 0) is 46.8 Å². The molecule has 0 amide bonds. The second-order valence-electron chi connectivity index (χ2n) is 5.07. The molecule has 1 aliphatic rings. The summed E-state index contributed by atoms with van der Waals surface area (Å²) in [6.45, 7) is 8.50. The van der Waals surface area contributed by atoms with Gasteiger partial charge in [-0.2, -0.15) is 0 Å². The first kappa shape index (κ1) is 15.4. The average molecular weight is 258 g/mol. The van der Waals surface area contributed by atoms with Crippen molar-refractivity contribution in [2.24, 2.45) is 0 Å². The van der Waals surface area contributed by atoms with Crippen LogP contribution in [-0.2, 0) is 9.53 Å². The van der Waals surface area contributed by atoms with Crippen molar-refractivity contribution in [3.05, 3.63) is 0 Å². The predicted molar refractivity (Wildman–Crippen MR) is 70.8 cm³/mol. The minimum atomic E-state index is -0.851. The molecular weight excluding hydrogens is 232 g/mol. The Hall–Kier alpha value is -0.650. The van der Waals surface area contributed by atoms with E-state index in [9.17, 15) is 4.79 Å². The van der Waals surface area contributed by atoms with Gasteiger partial charge in [-0.15, -0.1) is 0 Å². The van der Waals surface area contributed by atoms with E-state index in [0.29, 0.717) is 19.1 Å². The average Bonchev–Trinajstić information content (AvgIpc) is 2.45. The van der Waals surface area contributed by atoms with E-state index in [1.807, 2.05) is 6.92 Å². The van der Waals surface area contributed by atoms with Crippen LogP contribution in [0.4, 0.5) is 0 Å². The number of rotatable bonds is 6. The maximum Gasteiger partial charge on any atom is 0.332 e. The van der Waals surface area contributed by atoms with Crippen molar-refractivity contribution >= 4 is 5.97 Å². The second-order valence-corrected chi connectivity index (χ2v) is 5.07. The van der Waals surface area contributed by atoms with Gasteiger partial charge in [0.05, 0.1) is 0 Å². The Labute approximate surface area is 110 Å². The lowest BCUT2D eigenvalue weighted by molar-refractivity contribution is -0.150. The van der Waals surface area contributed by atoms with Crippen LogP contribution in [0.5, 0.6) is 0 Å². The van der Waals surface area contributed by atoms with Crippen LogP contribution in [-0.4, -0.2) is 72.9 Å². The van der Waals surface area contributed by atoms with Gasteiger partial charge in [0.1, 0.15) is 0 Å². The second kappa shape index (κ2) is 7.71. The van der Waals surface area contributed by atoms with Crippen molar-refractivity contribution in [2.45, 2.75) is 38.8 Å².